The summed E-state index contributed by atoms with van der Waals surface area (Å²) in [6, 6.07) is 11.7. The normalized spacial score (nSPS) is 31.5. The monoisotopic (exact) mass is 203 g/mol. The fourth-order valence-corrected chi connectivity index (χ4v) is 2.55. The molecule has 3 rings (SSSR count). The van der Waals surface area contributed by atoms with Crippen molar-refractivity contribution < 1.29 is 4.74 Å². The minimum atomic E-state index is 0.782. The van der Waals surface area contributed by atoms with Crippen molar-refractivity contribution in [3.05, 3.63) is 35.9 Å². The molecule has 2 heteroatoms. The summed E-state index contributed by atoms with van der Waals surface area (Å²) < 4.78 is 5.38. The van der Waals surface area contributed by atoms with Crippen LogP contribution in [0.2, 0.25) is 0 Å². The van der Waals surface area contributed by atoms with Crippen molar-refractivity contribution in [1.29, 1.82) is 0 Å². The zero-order valence-corrected chi connectivity index (χ0v) is 8.93. The quantitative estimate of drug-likeness (QED) is 0.727. The fraction of sp³-hybridized carbons (Fsp3) is 0.538. The van der Waals surface area contributed by atoms with Gasteiger partial charge in [0.25, 0.3) is 0 Å². The Bertz CT molecular complexity index is 319. The molecule has 2 atom stereocenters. The van der Waals surface area contributed by atoms with E-state index in [0.29, 0.717) is 0 Å². The van der Waals surface area contributed by atoms with Gasteiger partial charge in [-0.05, 0) is 12.0 Å². The molecule has 1 aliphatic carbocycles. The molecule has 1 aromatic carbocycles. The molecule has 2 aliphatic rings. The number of benzene rings is 1. The molecular formula is C13H17NO. The average Bonchev–Trinajstić information content (AvgIpc) is 3.11. The van der Waals surface area contributed by atoms with Crippen LogP contribution in [0.4, 0.5) is 0 Å². The first-order valence-electron chi connectivity index (χ1n) is 5.82. The largest absolute Gasteiger partial charge is 0.379 e. The van der Waals surface area contributed by atoms with Gasteiger partial charge in [-0.3, -0.25) is 4.90 Å². The predicted molar refractivity (Wildman–Crippen MR) is 60.0 cm³/mol. The second kappa shape index (κ2) is 3.95. The highest BCUT2D eigenvalue weighted by atomic mass is 16.5. The number of ether oxygens (including phenoxy) is 1. The number of hydrogen-bond acceptors (Lipinski definition) is 2. The predicted octanol–water partition coefficient (Wildman–Crippen LogP) is 1.87. The third kappa shape index (κ3) is 1.92. The first-order valence-corrected chi connectivity index (χ1v) is 5.82. The minimum Gasteiger partial charge on any atom is -0.379 e. The Morgan fingerprint density at radius 1 is 1.07 bits per heavy atom. The van der Waals surface area contributed by atoms with Gasteiger partial charge < -0.3 is 4.74 Å². The molecule has 1 saturated heterocycles. The number of nitrogens with zero attached hydrogens (tertiary/aromatic N) is 1. The zero-order valence-electron chi connectivity index (χ0n) is 8.93. The zero-order chi connectivity index (χ0) is 10.1. The molecule has 0 amide bonds. The maximum atomic E-state index is 5.38. The van der Waals surface area contributed by atoms with Crippen LogP contribution in [0.25, 0.3) is 0 Å². The van der Waals surface area contributed by atoms with Gasteiger partial charge in [0.05, 0.1) is 13.2 Å². The third-order valence-electron chi connectivity index (χ3n) is 3.50. The lowest BCUT2D eigenvalue weighted by molar-refractivity contribution is 0.0331. The van der Waals surface area contributed by atoms with Gasteiger partial charge in [-0.15, -0.1) is 0 Å². The van der Waals surface area contributed by atoms with Crippen LogP contribution in [-0.2, 0) is 4.74 Å². The first-order chi connectivity index (χ1) is 7.45. The summed E-state index contributed by atoms with van der Waals surface area (Å²) in [7, 11) is 0. The van der Waals surface area contributed by atoms with Gasteiger partial charge >= 0.3 is 0 Å². The second-order valence-electron chi connectivity index (χ2n) is 4.47. The molecule has 0 aromatic heterocycles. The Hall–Kier alpha value is -0.860. The van der Waals surface area contributed by atoms with Crippen molar-refractivity contribution in [3.8, 4) is 0 Å². The molecule has 0 spiro atoms. The Morgan fingerprint density at radius 3 is 2.53 bits per heavy atom. The van der Waals surface area contributed by atoms with Crippen molar-refractivity contribution in [3.63, 3.8) is 0 Å². The number of morpholine rings is 1. The fourth-order valence-electron chi connectivity index (χ4n) is 2.55. The summed E-state index contributed by atoms with van der Waals surface area (Å²) in [6.07, 6.45) is 1.34. The Kier molecular flexibility index (Phi) is 2.47. The molecule has 0 unspecified atom stereocenters. The highest BCUT2D eigenvalue weighted by Crippen LogP contribution is 2.44. The van der Waals surface area contributed by atoms with Crippen molar-refractivity contribution in [2.24, 2.45) is 0 Å². The van der Waals surface area contributed by atoms with Crippen LogP contribution in [0, 0.1) is 0 Å². The molecule has 1 saturated carbocycles. The van der Waals surface area contributed by atoms with E-state index < -0.39 is 0 Å². The molecule has 1 aliphatic heterocycles. The molecule has 2 nitrogen and oxygen atoms in total. The van der Waals surface area contributed by atoms with Gasteiger partial charge in [-0.2, -0.15) is 0 Å². The molecule has 0 N–H and O–H groups in total. The maximum absolute atomic E-state index is 5.38. The molecule has 0 radical (unpaired) electrons. The van der Waals surface area contributed by atoms with Gasteiger partial charge in [-0.1, -0.05) is 30.3 Å². The van der Waals surface area contributed by atoms with E-state index in [4.69, 9.17) is 4.74 Å². The van der Waals surface area contributed by atoms with Gasteiger partial charge in [0, 0.05) is 25.0 Å². The van der Waals surface area contributed by atoms with E-state index in [1.807, 2.05) is 0 Å². The van der Waals surface area contributed by atoms with Crippen LogP contribution in [-0.4, -0.2) is 37.2 Å². The lowest BCUT2D eigenvalue weighted by atomic mass is 10.1. The van der Waals surface area contributed by atoms with Crippen LogP contribution in [0.1, 0.15) is 17.9 Å². The van der Waals surface area contributed by atoms with E-state index in [1.165, 1.54) is 12.0 Å². The van der Waals surface area contributed by atoms with Gasteiger partial charge in [0.15, 0.2) is 0 Å². The second-order valence-corrected chi connectivity index (χ2v) is 4.47. The summed E-state index contributed by atoms with van der Waals surface area (Å²) in [5.74, 6) is 0.782. The summed E-state index contributed by atoms with van der Waals surface area (Å²) in [4.78, 5) is 2.58. The Morgan fingerprint density at radius 2 is 1.80 bits per heavy atom. The first kappa shape index (κ1) is 9.37. The Labute approximate surface area is 90.8 Å². The topological polar surface area (TPSA) is 12.5 Å². The van der Waals surface area contributed by atoms with Crippen LogP contribution in [0.3, 0.4) is 0 Å². The van der Waals surface area contributed by atoms with Crippen molar-refractivity contribution in [2.45, 2.75) is 18.4 Å². The molecule has 2 fully saturated rings. The molecule has 1 heterocycles. The third-order valence-corrected chi connectivity index (χ3v) is 3.50. The molecule has 80 valence electrons. The Balaban J connectivity index is 1.64. The highest BCUT2D eigenvalue weighted by Gasteiger charge is 2.42. The summed E-state index contributed by atoms with van der Waals surface area (Å²) in [5.41, 5.74) is 1.51. The van der Waals surface area contributed by atoms with E-state index in [-0.39, 0.29) is 0 Å². The van der Waals surface area contributed by atoms with Crippen LogP contribution >= 0.6 is 0 Å². The lowest BCUT2D eigenvalue weighted by Gasteiger charge is -2.27. The minimum absolute atomic E-state index is 0.782. The van der Waals surface area contributed by atoms with Gasteiger partial charge in [-0.25, -0.2) is 0 Å². The molecule has 1 aromatic rings. The smallest absolute Gasteiger partial charge is 0.0594 e. The van der Waals surface area contributed by atoms with E-state index in [1.54, 1.807) is 0 Å². The number of rotatable bonds is 2. The van der Waals surface area contributed by atoms with Gasteiger partial charge in [0.1, 0.15) is 0 Å². The van der Waals surface area contributed by atoms with Crippen LogP contribution in [0.15, 0.2) is 30.3 Å². The molecular weight excluding hydrogens is 186 g/mol. The van der Waals surface area contributed by atoms with E-state index >= 15 is 0 Å². The van der Waals surface area contributed by atoms with Gasteiger partial charge in [0.2, 0.25) is 0 Å². The summed E-state index contributed by atoms with van der Waals surface area (Å²) in [6.45, 7) is 4.07. The van der Waals surface area contributed by atoms with Crippen molar-refractivity contribution in [1.82, 2.24) is 4.90 Å². The lowest BCUT2D eigenvalue weighted by Crippen LogP contribution is -2.38. The maximum Gasteiger partial charge on any atom is 0.0594 e. The molecule has 0 bridgehead atoms. The van der Waals surface area contributed by atoms with E-state index in [0.717, 1.165) is 38.3 Å². The standard InChI is InChI=1S/C13H17NO/c1-2-4-11(5-3-1)12-10-13(12)14-6-8-15-9-7-14/h1-5,12-13H,6-10H2/t12-,13+/m0/s1. The van der Waals surface area contributed by atoms with E-state index in [2.05, 4.69) is 35.2 Å². The van der Waals surface area contributed by atoms with Crippen LogP contribution < -0.4 is 0 Å². The SMILES string of the molecule is c1ccc([C@@H]2C[C@H]2N2CCOCC2)cc1. The summed E-state index contributed by atoms with van der Waals surface area (Å²) >= 11 is 0. The molecule has 15 heavy (non-hydrogen) atoms. The van der Waals surface area contributed by atoms with Crippen molar-refractivity contribution >= 4 is 0 Å². The summed E-state index contributed by atoms with van der Waals surface area (Å²) in [5, 5.41) is 0. The van der Waals surface area contributed by atoms with Crippen molar-refractivity contribution in [2.75, 3.05) is 26.3 Å². The number of hydrogen-bond donors (Lipinski definition) is 0. The average molecular weight is 203 g/mol. The van der Waals surface area contributed by atoms with Crippen LogP contribution in [0.5, 0.6) is 0 Å². The highest BCUT2D eigenvalue weighted by molar-refractivity contribution is 5.27. The van der Waals surface area contributed by atoms with E-state index in [9.17, 15) is 0 Å².